The SMILES string of the molecule is COc1cc(F)c([C@@H](C)NCc2ccncc2Cl)cc1OC. The molecule has 1 aromatic carbocycles. The number of hydrogen-bond donors (Lipinski definition) is 1. The van der Waals surface area contributed by atoms with Crippen LogP contribution in [0, 0.1) is 5.82 Å². The molecule has 1 aromatic heterocycles. The van der Waals surface area contributed by atoms with E-state index in [9.17, 15) is 4.39 Å². The first-order valence-electron chi connectivity index (χ1n) is 6.80. The summed E-state index contributed by atoms with van der Waals surface area (Å²) in [7, 11) is 3.00. The Kier molecular flexibility index (Phi) is 5.57. The maximum Gasteiger partial charge on any atom is 0.163 e. The number of aromatic nitrogens is 1. The third-order valence-electron chi connectivity index (χ3n) is 3.42. The minimum absolute atomic E-state index is 0.218. The molecule has 4 nitrogen and oxygen atoms in total. The second kappa shape index (κ2) is 7.42. The van der Waals surface area contributed by atoms with Gasteiger partial charge in [0.25, 0.3) is 0 Å². The van der Waals surface area contributed by atoms with Crippen LogP contribution in [0.15, 0.2) is 30.6 Å². The molecule has 0 aliphatic rings. The van der Waals surface area contributed by atoms with Crippen molar-refractivity contribution in [3.05, 3.63) is 52.6 Å². The van der Waals surface area contributed by atoms with E-state index in [1.54, 1.807) is 18.5 Å². The predicted molar refractivity (Wildman–Crippen MR) is 84.0 cm³/mol. The lowest BCUT2D eigenvalue weighted by Crippen LogP contribution is -2.19. The molecule has 0 amide bonds. The van der Waals surface area contributed by atoms with Gasteiger partial charge in [-0.15, -0.1) is 0 Å². The maximum atomic E-state index is 14.2. The number of methoxy groups -OCH3 is 2. The summed E-state index contributed by atoms with van der Waals surface area (Å²) in [5.74, 6) is 0.515. The molecule has 0 aliphatic carbocycles. The fourth-order valence-electron chi connectivity index (χ4n) is 2.12. The highest BCUT2D eigenvalue weighted by molar-refractivity contribution is 6.31. The summed E-state index contributed by atoms with van der Waals surface area (Å²) in [6.07, 6.45) is 3.25. The van der Waals surface area contributed by atoms with Crippen LogP contribution in [0.4, 0.5) is 4.39 Å². The van der Waals surface area contributed by atoms with Crippen LogP contribution in [-0.4, -0.2) is 19.2 Å². The molecule has 0 saturated carbocycles. The van der Waals surface area contributed by atoms with Gasteiger partial charge in [0, 0.05) is 36.6 Å². The van der Waals surface area contributed by atoms with Crippen LogP contribution in [0.2, 0.25) is 5.02 Å². The number of nitrogens with one attached hydrogen (secondary N) is 1. The molecule has 2 rings (SSSR count). The van der Waals surface area contributed by atoms with Gasteiger partial charge in [0.1, 0.15) is 5.82 Å². The lowest BCUT2D eigenvalue weighted by molar-refractivity contribution is 0.350. The predicted octanol–water partition coefficient (Wildman–Crippen LogP) is 3.74. The summed E-state index contributed by atoms with van der Waals surface area (Å²) in [6, 6.07) is 4.57. The minimum Gasteiger partial charge on any atom is -0.493 e. The Labute approximate surface area is 134 Å². The molecule has 2 aromatic rings. The molecular weight excluding hydrogens is 307 g/mol. The van der Waals surface area contributed by atoms with Crippen LogP contribution in [0.3, 0.4) is 0 Å². The van der Waals surface area contributed by atoms with Crippen LogP contribution < -0.4 is 14.8 Å². The zero-order valence-corrected chi connectivity index (χ0v) is 13.4. The highest BCUT2D eigenvalue weighted by atomic mass is 35.5. The second-order valence-electron chi connectivity index (χ2n) is 4.80. The van der Waals surface area contributed by atoms with Crippen LogP contribution >= 0.6 is 11.6 Å². The number of halogens is 2. The molecule has 0 spiro atoms. The van der Waals surface area contributed by atoms with E-state index in [1.807, 2.05) is 13.0 Å². The minimum atomic E-state index is -0.349. The summed E-state index contributed by atoms with van der Waals surface area (Å²) in [5.41, 5.74) is 1.41. The molecule has 1 N–H and O–H groups in total. The molecule has 0 bridgehead atoms. The highest BCUT2D eigenvalue weighted by Gasteiger charge is 2.16. The Morgan fingerprint density at radius 3 is 2.59 bits per heavy atom. The van der Waals surface area contributed by atoms with E-state index < -0.39 is 0 Å². The molecule has 0 radical (unpaired) electrons. The number of pyridine rings is 1. The van der Waals surface area contributed by atoms with Crippen molar-refractivity contribution in [2.45, 2.75) is 19.5 Å². The zero-order chi connectivity index (χ0) is 16.1. The van der Waals surface area contributed by atoms with Gasteiger partial charge in [-0.3, -0.25) is 4.98 Å². The van der Waals surface area contributed by atoms with Crippen molar-refractivity contribution in [2.24, 2.45) is 0 Å². The lowest BCUT2D eigenvalue weighted by atomic mass is 10.1. The fourth-order valence-corrected chi connectivity index (χ4v) is 2.31. The van der Waals surface area contributed by atoms with Gasteiger partial charge in [-0.25, -0.2) is 4.39 Å². The number of benzene rings is 1. The second-order valence-corrected chi connectivity index (χ2v) is 5.21. The molecule has 0 fully saturated rings. The maximum absolute atomic E-state index is 14.2. The molecule has 0 saturated heterocycles. The molecule has 1 atom stereocenters. The van der Waals surface area contributed by atoms with Gasteiger partial charge >= 0.3 is 0 Å². The van der Waals surface area contributed by atoms with Crippen LogP contribution in [0.1, 0.15) is 24.1 Å². The normalized spacial score (nSPS) is 12.0. The van der Waals surface area contributed by atoms with Crippen molar-refractivity contribution in [2.75, 3.05) is 14.2 Å². The van der Waals surface area contributed by atoms with Gasteiger partial charge in [-0.1, -0.05) is 11.6 Å². The molecule has 6 heteroatoms. The monoisotopic (exact) mass is 324 g/mol. The third-order valence-corrected chi connectivity index (χ3v) is 3.76. The largest absolute Gasteiger partial charge is 0.493 e. The van der Waals surface area contributed by atoms with Crippen molar-refractivity contribution in [3.63, 3.8) is 0 Å². The summed E-state index contributed by atoms with van der Waals surface area (Å²) in [5, 5.41) is 3.82. The number of nitrogens with zero attached hydrogens (tertiary/aromatic N) is 1. The van der Waals surface area contributed by atoms with Gasteiger partial charge < -0.3 is 14.8 Å². The van der Waals surface area contributed by atoms with Crippen molar-refractivity contribution in [3.8, 4) is 11.5 Å². The Morgan fingerprint density at radius 1 is 1.27 bits per heavy atom. The topological polar surface area (TPSA) is 43.4 Å². The van der Waals surface area contributed by atoms with E-state index in [0.29, 0.717) is 28.6 Å². The summed E-state index contributed by atoms with van der Waals surface area (Å²) < 4.78 is 24.5. The number of rotatable bonds is 6. The zero-order valence-electron chi connectivity index (χ0n) is 12.7. The first kappa shape index (κ1) is 16.5. The highest BCUT2D eigenvalue weighted by Crippen LogP contribution is 2.32. The van der Waals surface area contributed by atoms with Crippen LogP contribution in [0.25, 0.3) is 0 Å². The van der Waals surface area contributed by atoms with Crippen molar-refractivity contribution >= 4 is 11.6 Å². The van der Waals surface area contributed by atoms with Gasteiger partial charge in [0.2, 0.25) is 0 Å². The Hall–Kier alpha value is -1.85. The van der Waals surface area contributed by atoms with Crippen molar-refractivity contribution in [1.82, 2.24) is 10.3 Å². The molecule has 1 heterocycles. The molecule has 118 valence electrons. The summed E-state index contributed by atoms with van der Waals surface area (Å²) >= 11 is 6.06. The Bertz CT molecular complexity index is 652. The van der Waals surface area contributed by atoms with Crippen molar-refractivity contribution < 1.29 is 13.9 Å². The Morgan fingerprint density at radius 2 is 1.95 bits per heavy atom. The molecule has 0 aliphatic heterocycles. The fraction of sp³-hybridized carbons (Fsp3) is 0.312. The van der Waals surface area contributed by atoms with Gasteiger partial charge in [-0.2, -0.15) is 0 Å². The van der Waals surface area contributed by atoms with E-state index in [2.05, 4.69) is 10.3 Å². The van der Waals surface area contributed by atoms with E-state index in [1.165, 1.54) is 20.3 Å². The Balaban J connectivity index is 2.15. The van der Waals surface area contributed by atoms with Crippen LogP contribution in [0.5, 0.6) is 11.5 Å². The van der Waals surface area contributed by atoms with Gasteiger partial charge in [-0.05, 0) is 24.6 Å². The standard InChI is InChI=1S/C16H18ClFN2O2/c1-10(20-8-11-4-5-19-9-13(11)17)12-6-15(21-2)16(22-3)7-14(12)18/h4-7,9-10,20H,8H2,1-3H3/t10-/m1/s1. The average Bonchev–Trinajstić information content (AvgIpc) is 2.53. The van der Waals surface area contributed by atoms with Gasteiger partial charge in [0.15, 0.2) is 11.5 Å². The van der Waals surface area contributed by atoms with E-state index >= 15 is 0 Å². The summed E-state index contributed by atoms with van der Waals surface area (Å²) in [4.78, 5) is 3.94. The first-order chi connectivity index (χ1) is 10.6. The molecular formula is C16H18ClFN2O2. The van der Waals surface area contributed by atoms with E-state index in [-0.39, 0.29) is 11.9 Å². The van der Waals surface area contributed by atoms with E-state index in [4.69, 9.17) is 21.1 Å². The van der Waals surface area contributed by atoms with Crippen molar-refractivity contribution in [1.29, 1.82) is 0 Å². The number of hydrogen-bond acceptors (Lipinski definition) is 4. The van der Waals surface area contributed by atoms with Crippen LogP contribution in [-0.2, 0) is 6.54 Å². The summed E-state index contributed by atoms with van der Waals surface area (Å²) in [6.45, 7) is 2.38. The first-order valence-corrected chi connectivity index (χ1v) is 7.17. The van der Waals surface area contributed by atoms with E-state index in [0.717, 1.165) is 5.56 Å². The molecule has 0 unspecified atom stereocenters. The lowest BCUT2D eigenvalue weighted by Gasteiger charge is -2.18. The number of ether oxygens (including phenoxy) is 2. The average molecular weight is 325 g/mol. The quantitative estimate of drug-likeness (QED) is 0.879. The third kappa shape index (κ3) is 3.67. The molecule has 22 heavy (non-hydrogen) atoms. The smallest absolute Gasteiger partial charge is 0.163 e. The van der Waals surface area contributed by atoms with Gasteiger partial charge in [0.05, 0.1) is 19.2 Å².